The van der Waals surface area contributed by atoms with Crippen LogP contribution in [0.5, 0.6) is 0 Å². The van der Waals surface area contributed by atoms with Crippen LogP contribution >= 0.6 is 0 Å². The molecule has 0 saturated heterocycles. The van der Waals surface area contributed by atoms with Gasteiger partial charge in [-0.15, -0.1) is 0 Å². The van der Waals surface area contributed by atoms with E-state index < -0.39 is 45.5 Å². The van der Waals surface area contributed by atoms with Crippen molar-refractivity contribution < 1.29 is 25.6 Å². The molecule has 0 aromatic heterocycles. The van der Waals surface area contributed by atoms with E-state index in [4.69, 9.17) is 11.5 Å². The maximum absolute atomic E-state index is 15.2. The lowest BCUT2D eigenvalue weighted by Gasteiger charge is -2.29. The monoisotopic (exact) mass is 546 g/mol. The Balaban J connectivity index is 2.24. The summed E-state index contributed by atoms with van der Waals surface area (Å²) in [5.41, 5.74) is 12.7. The normalized spacial score (nSPS) is 13.0. The van der Waals surface area contributed by atoms with Gasteiger partial charge in [0.05, 0.1) is 16.3 Å². The van der Waals surface area contributed by atoms with Gasteiger partial charge in [-0.05, 0) is 64.0 Å². The second-order valence-electron chi connectivity index (χ2n) is 8.76. The van der Waals surface area contributed by atoms with Gasteiger partial charge in [0.25, 0.3) is 5.92 Å². The summed E-state index contributed by atoms with van der Waals surface area (Å²) in [5, 5.41) is 0. The molecule has 0 radical (unpaired) electrons. The Morgan fingerprint density at radius 2 is 1.08 bits per heavy atom. The molecule has 2 rings (SSSR count). The molecule has 0 amide bonds. The molecule has 12 heteroatoms. The van der Waals surface area contributed by atoms with Gasteiger partial charge < -0.3 is 11.5 Å². The number of halogens is 2. The Labute approximate surface area is 213 Å². The third-order valence-corrected chi connectivity index (χ3v) is 9.45. The average molecular weight is 547 g/mol. The topological polar surface area (TPSA) is 127 Å². The first-order valence-electron chi connectivity index (χ1n) is 11.7. The smallest absolute Gasteiger partial charge is 0.262 e. The van der Waals surface area contributed by atoms with Gasteiger partial charge in [0.2, 0.25) is 20.0 Å². The van der Waals surface area contributed by atoms with Crippen molar-refractivity contribution in [2.75, 3.05) is 39.3 Å². The van der Waals surface area contributed by atoms with Gasteiger partial charge in [-0.25, -0.2) is 25.6 Å². The van der Waals surface area contributed by atoms with Crippen LogP contribution in [0.25, 0.3) is 0 Å². The first kappa shape index (κ1) is 30.3. The molecule has 0 saturated carbocycles. The fourth-order valence-corrected chi connectivity index (χ4v) is 6.50. The molecule has 4 N–H and O–H groups in total. The molecule has 0 aliphatic carbocycles. The van der Waals surface area contributed by atoms with Gasteiger partial charge in [-0.1, -0.05) is 35.4 Å². The molecular formula is C24H36F2N4O4S2. The largest absolute Gasteiger partial charge is 0.330 e. The summed E-state index contributed by atoms with van der Waals surface area (Å²) in [6.07, 6.45) is -0.363. The zero-order chi connectivity index (χ0) is 27.0. The van der Waals surface area contributed by atoms with Crippen LogP contribution in [0, 0.1) is 13.8 Å². The van der Waals surface area contributed by atoms with E-state index >= 15 is 8.78 Å². The molecule has 0 bridgehead atoms. The molecule has 0 fully saturated rings. The summed E-state index contributed by atoms with van der Waals surface area (Å²) < 4.78 is 84.5. The number of aryl methyl sites for hydroxylation is 2. The summed E-state index contributed by atoms with van der Waals surface area (Å²) >= 11 is 0. The molecule has 2 aromatic rings. The molecule has 8 nitrogen and oxygen atoms in total. The van der Waals surface area contributed by atoms with Crippen molar-refractivity contribution in [3.8, 4) is 0 Å². The van der Waals surface area contributed by atoms with Crippen molar-refractivity contribution in [1.82, 2.24) is 8.61 Å². The molecule has 2 aromatic carbocycles. The van der Waals surface area contributed by atoms with Gasteiger partial charge in [0.1, 0.15) is 0 Å². The zero-order valence-corrected chi connectivity index (χ0v) is 22.4. The minimum Gasteiger partial charge on any atom is -0.330 e. The fraction of sp³-hybridized carbons (Fsp3) is 0.500. The molecule has 202 valence electrons. The van der Waals surface area contributed by atoms with Crippen LogP contribution in [-0.2, 0) is 20.0 Å². The van der Waals surface area contributed by atoms with Crippen molar-refractivity contribution in [2.24, 2.45) is 11.5 Å². The standard InChI is InChI=1S/C24H36F2N4O4S2/c1-20-5-9-22(10-6-20)35(31,32)29(16-3-14-27)18-13-24(25,26)19-30(17-4-15-28)36(33,34)23-11-7-21(2)8-12-23/h5-12H,3-4,13-19,27-28H2,1-2H3. The Bertz CT molecular complexity index is 1170. The highest BCUT2D eigenvalue weighted by atomic mass is 32.2. The minimum atomic E-state index is -4.20. The number of alkyl halides is 2. The summed E-state index contributed by atoms with van der Waals surface area (Å²) in [6, 6.07) is 12.1. The molecular weight excluding hydrogens is 510 g/mol. The molecule has 0 atom stereocenters. The summed E-state index contributed by atoms with van der Waals surface area (Å²) in [4.78, 5) is -0.0904. The maximum Gasteiger partial charge on any atom is 0.262 e. The van der Waals surface area contributed by atoms with Crippen LogP contribution in [0.1, 0.15) is 30.4 Å². The van der Waals surface area contributed by atoms with Crippen molar-refractivity contribution in [3.05, 3.63) is 59.7 Å². The number of sulfonamides is 2. The fourth-order valence-electron chi connectivity index (χ4n) is 3.52. The van der Waals surface area contributed by atoms with Crippen LogP contribution in [0.3, 0.4) is 0 Å². The van der Waals surface area contributed by atoms with Crippen LogP contribution < -0.4 is 11.5 Å². The molecule has 0 unspecified atom stereocenters. The van der Waals surface area contributed by atoms with E-state index in [-0.39, 0.29) is 42.4 Å². The summed E-state index contributed by atoms with van der Waals surface area (Å²) in [6.45, 7) is 2.15. The minimum absolute atomic E-state index is 0.0000381. The lowest BCUT2D eigenvalue weighted by Crippen LogP contribution is -2.44. The van der Waals surface area contributed by atoms with Crippen molar-refractivity contribution in [1.29, 1.82) is 0 Å². The van der Waals surface area contributed by atoms with Crippen LogP contribution in [0.4, 0.5) is 8.78 Å². The summed E-state index contributed by atoms with van der Waals surface area (Å²) in [7, 11) is -8.24. The van der Waals surface area contributed by atoms with Gasteiger partial charge in [0, 0.05) is 26.1 Å². The number of benzene rings is 2. The molecule has 0 heterocycles. The van der Waals surface area contributed by atoms with E-state index in [9.17, 15) is 16.8 Å². The Morgan fingerprint density at radius 3 is 1.50 bits per heavy atom. The molecule has 0 aliphatic rings. The quantitative estimate of drug-likeness (QED) is 0.354. The van der Waals surface area contributed by atoms with Gasteiger partial charge in [-0.2, -0.15) is 8.61 Å². The third-order valence-electron chi connectivity index (χ3n) is 5.68. The second kappa shape index (κ2) is 13.0. The lowest BCUT2D eigenvalue weighted by atomic mass is 10.2. The van der Waals surface area contributed by atoms with Crippen molar-refractivity contribution >= 4 is 20.0 Å². The number of hydrogen-bond donors (Lipinski definition) is 2. The number of nitrogens with two attached hydrogens (primary N) is 2. The van der Waals surface area contributed by atoms with E-state index in [1.807, 2.05) is 6.92 Å². The van der Waals surface area contributed by atoms with Crippen LogP contribution in [0.2, 0.25) is 0 Å². The first-order valence-corrected chi connectivity index (χ1v) is 14.6. The third kappa shape index (κ3) is 8.29. The zero-order valence-electron chi connectivity index (χ0n) is 20.7. The highest BCUT2D eigenvalue weighted by Gasteiger charge is 2.38. The van der Waals surface area contributed by atoms with E-state index in [0.717, 1.165) is 19.7 Å². The highest BCUT2D eigenvalue weighted by Crippen LogP contribution is 2.27. The number of hydrogen-bond acceptors (Lipinski definition) is 6. The highest BCUT2D eigenvalue weighted by molar-refractivity contribution is 7.89. The van der Waals surface area contributed by atoms with E-state index in [1.54, 1.807) is 31.2 Å². The maximum atomic E-state index is 15.2. The lowest BCUT2D eigenvalue weighted by molar-refractivity contribution is -0.0260. The van der Waals surface area contributed by atoms with E-state index in [1.165, 1.54) is 24.3 Å². The number of rotatable bonds is 15. The predicted molar refractivity (Wildman–Crippen MR) is 137 cm³/mol. The van der Waals surface area contributed by atoms with Crippen molar-refractivity contribution in [2.45, 2.75) is 48.8 Å². The number of nitrogens with zero attached hydrogens (tertiary/aromatic N) is 2. The van der Waals surface area contributed by atoms with E-state index in [2.05, 4.69) is 0 Å². The van der Waals surface area contributed by atoms with Gasteiger partial charge >= 0.3 is 0 Å². The van der Waals surface area contributed by atoms with Crippen molar-refractivity contribution in [3.63, 3.8) is 0 Å². The Kier molecular flexibility index (Phi) is 10.9. The van der Waals surface area contributed by atoms with E-state index in [0.29, 0.717) is 6.42 Å². The Hall–Kier alpha value is -1.96. The molecule has 36 heavy (non-hydrogen) atoms. The van der Waals surface area contributed by atoms with Gasteiger partial charge in [-0.3, -0.25) is 0 Å². The first-order chi connectivity index (χ1) is 16.8. The molecule has 0 spiro atoms. The predicted octanol–water partition coefficient (Wildman–Crippen LogP) is 2.71. The summed E-state index contributed by atoms with van der Waals surface area (Å²) in [5.74, 6) is -3.49. The second-order valence-corrected chi connectivity index (χ2v) is 12.6. The molecule has 0 aliphatic heterocycles. The van der Waals surface area contributed by atoms with Crippen LogP contribution in [0.15, 0.2) is 58.3 Å². The van der Waals surface area contributed by atoms with Crippen LogP contribution in [-0.4, -0.2) is 70.6 Å². The SMILES string of the molecule is Cc1ccc(S(=O)(=O)N(CCCN)CCC(F)(F)CN(CCCN)S(=O)(=O)c2ccc(C)cc2)cc1. The Morgan fingerprint density at radius 1 is 0.694 bits per heavy atom. The average Bonchev–Trinajstić information content (AvgIpc) is 2.82. The van der Waals surface area contributed by atoms with Gasteiger partial charge in [0.15, 0.2) is 0 Å².